The normalized spacial score (nSPS) is 13.2. The molecule has 6 heteroatoms. The topological polar surface area (TPSA) is 67.9 Å². The number of hydrogen-bond donors (Lipinski definition) is 1. The fourth-order valence-electron chi connectivity index (χ4n) is 3.17. The number of benzene rings is 2. The van der Waals surface area contributed by atoms with Crippen LogP contribution < -0.4 is 19.7 Å². The Kier molecular flexibility index (Phi) is 5.11. The molecule has 0 atom stereocenters. The third kappa shape index (κ3) is 3.35. The second-order valence-electron chi connectivity index (χ2n) is 6.00. The maximum absolute atomic E-state index is 12.6. The van der Waals surface area contributed by atoms with E-state index in [0.717, 1.165) is 11.3 Å². The van der Waals surface area contributed by atoms with E-state index in [0.29, 0.717) is 42.1 Å². The highest BCUT2D eigenvalue weighted by Gasteiger charge is 2.23. The molecule has 1 N–H and O–H groups in total. The first-order valence-corrected chi connectivity index (χ1v) is 8.54. The summed E-state index contributed by atoms with van der Waals surface area (Å²) in [5.41, 5.74) is 3.10. The minimum absolute atomic E-state index is 0.139. The molecule has 0 aliphatic carbocycles. The number of methoxy groups -OCH3 is 2. The van der Waals surface area contributed by atoms with Gasteiger partial charge in [-0.05, 0) is 49.2 Å². The van der Waals surface area contributed by atoms with Gasteiger partial charge in [-0.1, -0.05) is 0 Å². The Bertz CT molecular complexity index is 848. The van der Waals surface area contributed by atoms with Crippen LogP contribution in [0.25, 0.3) is 0 Å². The number of anilines is 2. The smallest absolute Gasteiger partial charge is 0.259 e. The van der Waals surface area contributed by atoms with Crippen molar-refractivity contribution in [2.45, 2.75) is 19.8 Å². The molecule has 0 spiro atoms. The van der Waals surface area contributed by atoms with Crippen molar-refractivity contribution < 1.29 is 19.1 Å². The maximum atomic E-state index is 12.6. The van der Waals surface area contributed by atoms with Crippen molar-refractivity contribution in [1.29, 1.82) is 0 Å². The SMILES string of the molecule is CCN1C(=O)CCc2cc(NC(=O)c3ccc(OC)cc3OC)ccc21. The summed E-state index contributed by atoms with van der Waals surface area (Å²) in [6.45, 7) is 2.60. The Hall–Kier alpha value is -3.02. The lowest BCUT2D eigenvalue weighted by molar-refractivity contribution is -0.118. The van der Waals surface area contributed by atoms with Gasteiger partial charge in [0, 0.05) is 30.4 Å². The molecule has 0 bridgehead atoms. The van der Waals surface area contributed by atoms with Gasteiger partial charge in [-0.25, -0.2) is 0 Å². The lowest BCUT2D eigenvalue weighted by Crippen LogP contribution is -2.34. The second kappa shape index (κ2) is 7.47. The van der Waals surface area contributed by atoms with Crippen molar-refractivity contribution in [2.75, 3.05) is 31.0 Å². The second-order valence-corrected chi connectivity index (χ2v) is 6.00. The first kappa shape index (κ1) is 17.8. The van der Waals surface area contributed by atoms with Gasteiger partial charge in [-0.2, -0.15) is 0 Å². The fraction of sp³-hybridized carbons (Fsp3) is 0.300. The fourth-order valence-corrected chi connectivity index (χ4v) is 3.17. The lowest BCUT2D eigenvalue weighted by atomic mass is 10.0. The largest absolute Gasteiger partial charge is 0.497 e. The van der Waals surface area contributed by atoms with E-state index < -0.39 is 0 Å². The van der Waals surface area contributed by atoms with Gasteiger partial charge in [0.15, 0.2) is 0 Å². The van der Waals surface area contributed by atoms with E-state index in [-0.39, 0.29) is 11.8 Å². The number of nitrogens with zero attached hydrogens (tertiary/aromatic N) is 1. The molecule has 0 saturated carbocycles. The van der Waals surface area contributed by atoms with Crippen molar-refractivity contribution in [3.05, 3.63) is 47.5 Å². The summed E-state index contributed by atoms with van der Waals surface area (Å²) in [6, 6.07) is 10.7. The van der Waals surface area contributed by atoms with Gasteiger partial charge in [-0.3, -0.25) is 9.59 Å². The summed E-state index contributed by atoms with van der Waals surface area (Å²) >= 11 is 0. The molecule has 3 rings (SSSR count). The summed E-state index contributed by atoms with van der Waals surface area (Å²) in [5.74, 6) is 0.947. The maximum Gasteiger partial charge on any atom is 0.259 e. The summed E-state index contributed by atoms with van der Waals surface area (Å²) in [4.78, 5) is 26.4. The molecule has 2 amide bonds. The zero-order valence-electron chi connectivity index (χ0n) is 15.2. The van der Waals surface area contributed by atoms with Crippen LogP contribution in [0, 0.1) is 0 Å². The van der Waals surface area contributed by atoms with E-state index in [2.05, 4.69) is 5.32 Å². The van der Waals surface area contributed by atoms with Crippen LogP contribution in [0.15, 0.2) is 36.4 Å². The first-order chi connectivity index (χ1) is 12.6. The third-order valence-electron chi connectivity index (χ3n) is 4.51. The molecule has 2 aromatic carbocycles. The van der Waals surface area contributed by atoms with Crippen molar-refractivity contribution in [3.8, 4) is 11.5 Å². The average molecular weight is 354 g/mol. The van der Waals surface area contributed by atoms with Crippen LogP contribution in [0.2, 0.25) is 0 Å². The number of amides is 2. The van der Waals surface area contributed by atoms with Crippen molar-refractivity contribution >= 4 is 23.2 Å². The zero-order chi connectivity index (χ0) is 18.7. The Morgan fingerprint density at radius 1 is 1.12 bits per heavy atom. The van der Waals surface area contributed by atoms with E-state index in [9.17, 15) is 9.59 Å². The predicted octanol–water partition coefficient (Wildman–Crippen LogP) is 3.26. The molecule has 1 aliphatic heterocycles. The number of ether oxygens (including phenoxy) is 2. The monoisotopic (exact) mass is 354 g/mol. The summed E-state index contributed by atoms with van der Waals surface area (Å²) in [6.07, 6.45) is 1.17. The Morgan fingerprint density at radius 3 is 2.62 bits per heavy atom. The third-order valence-corrected chi connectivity index (χ3v) is 4.51. The Labute approximate surface area is 152 Å². The molecule has 0 unspecified atom stereocenters. The molecule has 0 aromatic heterocycles. The van der Waals surface area contributed by atoms with Gasteiger partial charge in [-0.15, -0.1) is 0 Å². The summed E-state index contributed by atoms with van der Waals surface area (Å²) in [5, 5.41) is 2.90. The van der Waals surface area contributed by atoms with Gasteiger partial charge in [0.25, 0.3) is 5.91 Å². The van der Waals surface area contributed by atoms with Gasteiger partial charge in [0.05, 0.1) is 19.8 Å². The van der Waals surface area contributed by atoms with E-state index in [4.69, 9.17) is 9.47 Å². The number of rotatable bonds is 5. The van der Waals surface area contributed by atoms with Crippen LogP contribution in [0.3, 0.4) is 0 Å². The number of carbonyl (C=O) groups excluding carboxylic acids is 2. The van der Waals surface area contributed by atoms with Crippen LogP contribution in [0.4, 0.5) is 11.4 Å². The van der Waals surface area contributed by atoms with Crippen LogP contribution in [-0.2, 0) is 11.2 Å². The Balaban J connectivity index is 1.84. The van der Waals surface area contributed by atoms with E-state index in [1.807, 2.05) is 25.1 Å². The molecule has 136 valence electrons. The molecule has 0 fully saturated rings. The van der Waals surface area contributed by atoms with E-state index in [1.54, 1.807) is 30.2 Å². The standard InChI is InChI=1S/C20H22N2O4/c1-4-22-17-9-6-14(11-13(17)5-10-19(22)23)21-20(24)16-8-7-15(25-2)12-18(16)26-3/h6-9,11-12H,4-5,10H2,1-3H3,(H,21,24). The molecular formula is C20H22N2O4. The summed E-state index contributed by atoms with van der Waals surface area (Å²) in [7, 11) is 3.08. The van der Waals surface area contributed by atoms with Crippen molar-refractivity contribution in [1.82, 2.24) is 0 Å². The summed E-state index contributed by atoms with van der Waals surface area (Å²) < 4.78 is 10.5. The molecule has 1 aliphatic rings. The van der Waals surface area contributed by atoms with Gasteiger partial charge >= 0.3 is 0 Å². The van der Waals surface area contributed by atoms with Gasteiger partial charge in [0.2, 0.25) is 5.91 Å². The minimum atomic E-state index is -0.260. The lowest BCUT2D eigenvalue weighted by Gasteiger charge is -2.28. The highest BCUT2D eigenvalue weighted by molar-refractivity contribution is 6.06. The van der Waals surface area contributed by atoms with Crippen molar-refractivity contribution in [2.24, 2.45) is 0 Å². The highest BCUT2D eigenvalue weighted by Crippen LogP contribution is 2.31. The van der Waals surface area contributed by atoms with E-state index >= 15 is 0 Å². The molecule has 1 heterocycles. The molecule has 2 aromatic rings. The molecule has 0 saturated heterocycles. The van der Waals surface area contributed by atoms with E-state index in [1.165, 1.54) is 7.11 Å². The zero-order valence-corrected chi connectivity index (χ0v) is 15.2. The first-order valence-electron chi connectivity index (χ1n) is 8.54. The van der Waals surface area contributed by atoms with Crippen molar-refractivity contribution in [3.63, 3.8) is 0 Å². The van der Waals surface area contributed by atoms with Crippen LogP contribution >= 0.6 is 0 Å². The minimum Gasteiger partial charge on any atom is -0.497 e. The number of carbonyl (C=O) groups is 2. The molecular weight excluding hydrogens is 332 g/mol. The number of hydrogen-bond acceptors (Lipinski definition) is 4. The number of nitrogens with one attached hydrogen (secondary N) is 1. The van der Waals surface area contributed by atoms with Gasteiger partial charge in [0.1, 0.15) is 11.5 Å². The number of fused-ring (bicyclic) bond motifs is 1. The molecule has 0 radical (unpaired) electrons. The predicted molar refractivity (Wildman–Crippen MR) is 100 cm³/mol. The molecule has 26 heavy (non-hydrogen) atoms. The van der Waals surface area contributed by atoms with Crippen LogP contribution in [0.5, 0.6) is 11.5 Å². The van der Waals surface area contributed by atoms with Gasteiger partial charge < -0.3 is 19.7 Å². The van der Waals surface area contributed by atoms with Crippen LogP contribution in [0.1, 0.15) is 29.3 Å². The molecule has 6 nitrogen and oxygen atoms in total. The quantitative estimate of drug-likeness (QED) is 0.895. The Morgan fingerprint density at radius 2 is 1.92 bits per heavy atom. The number of aryl methyl sites for hydroxylation is 1. The highest BCUT2D eigenvalue weighted by atomic mass is 16.5. The van der Waals surface area contributed by atoms with Crippen LogP contribution in [-0.4, -0.2) is 32.6 Å². The average Bonchev–Trinajstić information content (AvgIpc) is 2.67.